The van der Waals surface area contributed by atoms with E-state index in [1.54, 1.807) is 0 Å². The fourth-order valence-electron chi connectivity index (χ4n) is 2.50. The lowest BCUT2D eigenvalue weighted by Crippen LogP contribution is -2.56. The first-order chi connectivity index (χ1) is 8.22. The fraction of sp³-hybridized carbons (Fsp3) is 0.571. The van der Waals surface area contributed by atoms with Gasteiger partial charge in [-0.25, -0.2) is 0 Å². The van der Waals surface area contributed by atoms with Gasteiger partial charge >= 0.3 is 0 Å². The van der Waals surface area contributed by atoms with E-state index in [0.29, 0.717) is 12.1 Å². The minimum Gasteiger partial charge on any atom is -0.488 e. The molecule has 0 spiro atoms. The van der Waals surface area contributed by atoms with Gasteiger partial charge in [0.1, 0.15) is 11.9 Å². The van der Waals surface area contributed by atoms with E-state index in [-0.39, 0.29) is 0 Å². The third kappa shape index (κ3) is 2.12. The highest BCUT2D eigenvalue weighted by Gasteiger charge is 2.30. The summed E-state index contributed by atoms with van der Waals surface area (Å²) in [6.07, 6.45) is 1.51. The number of likely N-dealkylation sites (tertiary alicyclic amines) is 1. The molecule has 92 valence electrons. The number of rotatable bonds is 3. The Balaban J connectivity index is 1.60. The van der Waals surface area contributed by atoms with Crippen LogP contribution in [-0.4, -0.2) is 36.7 Å². The molecular formula is C14H20N2O. The highest BCUT2D eigenvalue weighted by Crippen LogP contribution is 2.28. The van der Waals surface area contributed by atoms with Crippen molar-refractivity contribution in [1.29, 1.82) is 0 Å². The summed E-state index contributed by atoms with van der Waals surface area (Å²) in [4.78, 5) is 2.43. The van der Waals surface area contributed by atoms with Crippen molar-refractivity contribution in [2.75, 3.05) is 25.0 Å². The first-order valence-corrected chi connectivity index (χ1v) is 6.50. The van der Waals surface area contributed by atoms with Crippen molar-refractivity contribution in [1.82, 2.24) is 4.90 Å². The SMILES string of the molecule is CC(C)N1CC(Oc2ccc3c(c2)NCC3)C1. The lowest BCUT2D eigenvalue weighted by Gasteiger charge is -2.41. The number of hydrogen-bond acceptors (Lipinski definition) is 3. The Morgan fingerprint density at radius 2 is 2.18 bits per heavy atom. The molecule has 0 atom stereocenters. The van der Waals surface area contributed by atoms with Crippen LogP contribution in [0.3, 0.4) is 0 Å². The molecule has 3 rings (SSSR count). The molecular weight excluding hydrogens is 212 g/mol. The van der Waals surface area contributed by atoms with E-state index in [1.165, 1.54) is 11.3 Å². The minimum atomic E-state index is 0.372. The van der Waals surface area contributed by atoms with Crippen LogP contribution in [0.4, 0.5) is 5.69 Å². The van der Waals surface area contributed by atoms with E-state index in [1.807, 2.05) is 0 Å². The first-order valence-electron chi connectivity index (χ1n) is 6.50. The van der Waals surface area contributed by atoms with Gasteiger partial charge in [0.2, 0.25) is 0 Å². The van der Waals surface area contributed by atoms with Gasteiger partial charge in [-0.15, -0.1) is 0 Å². The van der Waals surface area contributed by atoms with Crippen LogP contribution in [0.15, 0.2) is 18.2 Å². The summed E-state index contributed by atoms with van der Waals surface area (Å²) in [5.41, 5.74) is 2.66. The van der Waals surface area contributed by atoms with E-state index >= 15 is 0 Å². The summed E-state index contributed by atoms with van der Waals surface area (Å²) in [5.74, 6) is 1.01. The molecule has 1 saturated heterocycles. The van der Waals surface area contributed by atoms with Crippen molar-refractivity contribution in [2.24, 2.45) is 0 Å². The third-order valence-corrected chi connectivity index (χ3v) is 3.70. The molecule has 0 saturated carbocycles. The zero-order valence-electron chi connectivity index (χ0n) is 10.6. The van der Waals surface area contributed by atoms with Crippen LogP contribution in [0.1, 0.15) is 19.4 Å². The van der Waals surface area contributed by atoms with Gasteiger partial charge in [-0.05, 0) is 31.9 Å². The number of nitrogens with zero attached hydrogens (tertiary/aromatic N) is 1. The van der Waals surface area contributed by atoms with Crippen molar-refractivity contribution in [3.63, 3.8) is 0 Å². The Morgan fingerprint density at radius 1 is 1.35 bits per heavy atom. The third-order valence-electron chi connectivity index (χ3n) is 3.70. The molecule has 0 amide bonds. The maximum atomic E-state index is 5.97. The number of nitrogens with one attached hydrogen (secondary N) is 1. The highest BCUT2D eigenvalue weighted by molar-refractivity contribution is 5.58. The monoisotopic (exact) mass is 232 g/mol. The summed E-state index contributed by atoms with van der Waals surface area (Å²) in [7, 11) is 0. The standard InChI is InChI=1S/C14H20N2O/c1-10(2)16-8-13(9-16)17-12-4-3-11-5-6-15-14(11)7-12/h3-4,7,10,13,15H,5-6,8-9H2,1-2H3. The molecule has 3 heteroatoms. The van der Waals surface area contributed by atoms with Crippen LogP contribution in [0, 0.1) is 0 Å². The molecule has 1 N–H and O–H groups in total. The maximum Gasteiger partial charge on any atom is 0.124 e. The Kier molecular flexibility index (Phi) is 2.71. The molecule has 0 radical (unpaired) electrons. The van der Waals surface area contributed by atoms with Crippen LogP contribution in [0.5, 0.6) is 5.75 Å². The smallest absolute Gasteiger partial charge is 0.124 e. The lowest BCUT2D eigenvalue weighted by atomic mass is 10.1. The molecule has 2 aliphatic rings. The number of anilines is 1. The predicted molar refractivity (Wildman–Crippen MR) is 69.8 cm³/mol. The molecule has 0 aliphatic carbocycles. The van der Waals surface area contributed by atoms with E-state index in [9.17, 15) is 0 Å². The molecule has 2 heterocycles. The van der Waals surface area contributed by atoms with Crippen LogP contribution in [-0.2, 0) is 6.42 Å². The average molecular weight is 232 g/mol. The number of hydrogen-bond donors (Lipinski definition) is 1. The minimum absolute atomic E-state index is 0.372. The van der Waals surface area contributed by atoms with Crippen LogP contribution in [0.2, 0.25) is 0 Å². The first kappa shape index (κ1) is 10.9. The fourth-order valence-corrected chi connectivity index (χ4v) is 2.50. The van der Waals surface area contributed by atoms with Gasteiger partial charge in [-0.3, -0.25) is 4.90 Å². The van der Waals surface area contributed by atoms with E-state index in [0.717, 1.165) is 31.8 Å². The van der Waals surface area contributed by atoms with Gasteiger partial charge in [0.25, 0.3) is 0 Å². The maximum absolute atomic E-state index is 5.97. The molecule has 17 heavy (non-hydrogen) atoms. The van der Waals surface area contributed by atoms with E-state index in [2.05, 4.69) is 42.3 Å². The van der Waals surface area contributed by atoms with Crippen LogP contribution >= 0.6 is 0 Å². The molecule has 1 aromatic rings. The van der Waals surface area contributed by atoms with Crippen LogP contribution in [0.25, 0.3) is 0 Å². The zero-order chi connectivity index (χ0) is 11.8. The predicted octanol–water partition coefficient (Wildman–Crippen LogP) is 2.13. The summed E-state index contributed by atoms with van der Waals surface area (Å²) in [6.45, 7) is 7.64. The molecule has 2 aliphatic heterocycles. The summed E-state index contributed by atoms with van der Waals surface area (Å²) in [6, 6.07) is 7.06. The second kappa shape index (κ2) is 4.22. The Bertz CT molecular complexity index is 411. The van der Waals surface area contributed by atoms with Crippen molar-refractivity contribution >= 4 is 5.69 Å². The van der Waals surface area contributed by atoms with Gasteiger partial charge in [-0.2, -0.15) is 0 Å². The van der Waals surface area contributed by atoms with Gasteiger partial charge in [0.15, 0.2) is 0 Å². The number of benzene rings is 1. The molecule has 0 unspecified atom stereocenters. The summed E-state index contributed by atoms with van der Waals surface area (Å²) in [5, 5.41) is 3.39. The quantitative estimate of drug-likeness (QED) is 0.864. The Morgan fingerprint density at radius 3 is 2.94 bits per heavy atom. The van der Waals surface area contributed by atoms with Crippen LogP contribution < -0.4 is 10.1 Å². The van der Waals surface area contributed by atoms with Gasteiger partial charge in [0.05, 0.1) is 0 Å². The van der Waals surface area contributed by atoms with Crippen molar-refractivity contribution in [2.45, 2.75) is 32.4 Å². The van der Waals surface area contributed by atoms with Gasteiger partial charge < -0.3 is 10.1 Å². The van der Waals surface area contributed by atoms with Crippen molar-refractivity contribution < 1.29 is 4.74 Å². The average Bonchev–Trinajstić information content (AvgIpc) is 2.69. The normalized spacial score (nSPS) is 19.9. The molecule has 0 bridgehead atoms. The van der Waals surface area contributed by atoms with Crippen molar-refractivity contribution in [3.05, 3.63) is 23.8 Å². The molecule has 0 aromatic heterocycles. The number of fused-ring (bicyclic) bond motifs is 1. The molecule has 1 fully saturated rings. The Hall–Kier alpha value is -1.22. The second-order valence-electron chi connectivity index (χ2n) is 5.28. The second-order valence-corrected chi connectivity index (χ2v) is 5.28. The van der Waals surface area contributed by atoms with E-state index in [4.69, 9.17) is 4.74 Å². The molecule has 3 nitrogen and oxygen atoms in total. The number of ether oxygens (including phenoxy) is 1. The van der Waals surface area contributed by atoms with Gasteiger partial charge in [-0.1, -0.05) is 6.07 Å². The van der Waals surface area contributed by atoms with Gasteiger partial charge in [0, 0.05) is 37.4 Å². The highest BCUT2D eigenvalue weighted by atomic mass is 16.5. The van der Waals surface area contributed by atoms with Crippen molar-refractivity contribution in [3.8, 4) is 5.75 Å². The zero-order valence-corrected chi connectivity index (χ0v) is 10.6. The molecule has 1 aromatic carbocycles. The topological polar surface area (TPSA) is 24.5 Å². The largest absolute Gasteiger partial charge is 0.488 e. The van der Waals surface area contributed by atoms with E-state index < -0.39 is 0 Å². The summed E-state index contributed by atoms with van der Waals surface area (Å²) < 4.78 is 5.97. The summed E-state index contributed by atoms with van der Waals surface area (Å²) >= 11 is 0. The lowest BCUT2D eigenvalue weighted by molar-refractivity contribution is 0.000183. The Labute approximate surface area is 103 Å².